The third-order valence-corrected chi connectivity index (χ3v) is 5.26. The van der Waals surface area contributed by atoms with Crippen molar-refractivity contribution < 1.29 is 22.7 Å². The summed E-state index contributed by atoms with van der Waals surface area (Å²) in [7, 11) is -4.12. The summed E-state index contributed by atoms with van der Waals surface area (Å²) in [5.41, 5.74) is -0.646. The Hall–Kier alpha value is -2.12. The highest BCUT2D eigenvalue weighted by Crippen LogP contribution is 2.33. The van der Waals surface area contributed by atoms with E-state index in [-0.39, 0.29) is 18.1 Å². The molecule has 0 spiro atoms. The van der Waals surface area contributed by atoms with Crippen LogP contribution in [0.5, 0.6) is 0 Å². The average molecular weight is 337 g/mol. The number of ether oxygens (including phenoxy) is 2. The van der Waals surface area contributed by atoms with Gasteiger partial charge in [-0.25, -0.2) is 13.2 Å². The van der Waals surface area contributed by atoms with Crippen molar-refractivity contribution in [3.63, 3.8) is 0 Å². The quantitative estimate of drug-likeness (QED) is 0.746. The van der Waals surface area contributed by atoms with E-state index >= 15 is 0 Å². The number of benzene rings is 1. The van der Waals surface area contributed by atoms with E-state index in [1.807, 2.05) is 6.92 Å². The van der Waals surface area contributed by atoms with Gasteiger partial charge in [0.2, 0.25) is 5.72 Å². The Kier molecular flexibility index (Phi) is 4.91. The van der Waals surface area contributed by atoms with Gasteiger partial charge in [0, 0.05) is 0 Å². The molecule has 1 heterocycles. The zero-order valence-corrected chi connectivity index (χ0v) is 13.9. The predicted octanol–water partition coefficient (Wildman–Crippen LogP) is 2.61. The van der Waals surface area contributed by atoms with Crippen molar-refractivity contribution in [2.75, 3.05) is 13.2 Å². The summed E-state index contributed by atoms with van der Waals surface area (Å²) < 4.78 is 36.8. The second-order valence-electron chi connectivity index (χ2n) is 5.07. The number of allylic oxidation sites excluding steroid dienone is 1. The van der Waals surface area contributed by atoms with Gasteiger partial charge in [0.25, 0.3) is 10.0 Å². The van der Waals surface area contributed by atoms with Crippen molar-refractivity contribution in [1.82, 2.24) is 4.31 Å². The topological polar surface area (TPSA) is 72.9 Å². The minimum Gasteiger partial charge on any atom is -0.443 e. The summed E-state index contributed by atoms with van der Waals surface area (Å²) in [5.74, 6) is 0. The summed E-state index contributed by atoms with van der Waals surface area (Å²) >= 11 is 0. The molecule has 0 radical (unpaired) electrons. The molecule has 0 aliphatic carbocycles. The highest BCUT2D eigenvalue weighted by atomic mass is 32.2. The Bertz CT molecular complexity index is 723. The number of hydrogen-bond acceptors (Lipinski definition) is 5. The summed E-state index contributed by atoms with van der Waals surface area (Å²) in [5, 5.41) is 0. The van der Waals surface area contributed by atoms with E-state index in [0.717, 1.165) is 5.56 Å². The first-order valence-corrected chi connectivity index (χ1v) is 8.49. The first-order chi connectivity index (χ1) is 10.9. The van der Waals surface area contributed by atoms with Gasteiger partial charge >= 0.3 is 6.09 Å². The second kappa shape index (κ2) is 6.55. The SMILES string of the molecule is C=C[C@@]1(OC/C=C/C)COC(=O)N1S(=O)(=O)c1ccc(C)cc1. The van der Waals surface area contributed by atoms with Crippen LogP contribution in [0.1, 0.15) is 12.5 Å². The highest BCUT2D eigenvalue weighted by molar-refractivity contribution is 7.89. The highest BCUT2D eigenvalue weighted by Gasteiger charge is 2.53. The molecule has 0 bridgehead atoms. The smallest absolute Gasteiger partial charge is 0.426 e. The number of nitrogens with zero attached hydrogens (tertiary/aromatic N) is 1. The first kappa shape index (κ1) is 17.2. The molecule has 124 valence electrons. The van der Waals surface area contributed by atoms with E-state index in [0.29, 0.717) is 4.31 Å². The molecule has 1 aromatic rings. The normalized spacial score (nSPS) is 21.7. The van der Waals surface area contributed by atoms with Crippen LogP contribution in [0.25, 0.3) is 0 Å². The molecule has 2 rings (SSSR count). The summed E-state index contributed by atoms with van der Waals surface area (Å²) in [6.07, 6.45) is 3.75. The molecule has 1 saturated heterocycles. The van der Waals surface area contributed by atoms with E-state index in [1.165, 1.54) is 18.2 Å². The third kappa shape index (κ3) is 3.16. The Balaban J connectivity index is 2.45. The van der Waals surface area contributed by atoms with Gasteiger partial charge in [-0.2, -0.15) is 4.31 Å². The number of rotatable bonds is 6. The van der Waals surface area contributed by atoms with Crippen LogP contribution in [0.2, 0.25) is 0 Å². The third-order valence-electron chi connectivity index (χ3n) is 3.46. The fourth-order valence-electron chi connectivity index (χ4n) is 2.14. The van der Waals surface area contributed by atoms with Gasteiger partial charge in [-0.1, -0.05) is 36.4 Å². The molecule has 0 N–H and O–H groups in total. The minimum absolute atomic E-state index is 0.0113. The fourth-order valence-corrected chi connectivity index (χ4v) is 3.67. The van der Waals surface area contributed by atoms with Crippen molar-refractivity contribution in [3.8, 4) is 0 Å². The Morgan fingerprint density at radius 2 is 2.04 bits per heavy atom. The number of aryl methyl sites for hydroxylation is 1. The lowest BCUT2D eigenvalue weighted by molar-refractivity contribution is -0.0438. The maximum Gasteiger partial charge on any atom is 0.426 e. The van der Waals surface area contributed by atoms with Gasteiger partial charge in [-0.15, -0.1) is 0 Å². The van der Waals surface area contributed by atoms with Gasteiger partial charge in [-0.3, -0.25) is 0 Å². The molecule has 1 amide bonds. The lowest BCUT2D eigenvalue weighted by Gasteiger charge is -2.31. The largest absolute Gasteiger partial charge is 0.443 e. The Morgan fingerprint density at radius 3 is 2.61 bits per heavy atom. The molecular weight excluding hydrogens is 318 g/mol. The molecular formula is C16H19NO5S. The fraction of sp³-hybridized carbons (Fsp3) is 0.312. The predicted molar refractivity (Wildman–Crippen MR) is 85.2 cm³/mol. The second-order valence-corrected chi connectivity index (χ2v) is 6.85. The van der Waals surface area contributed by atoms with Crippen LogP contribution in [-0.2, 0) is 19.5 Å². The Labute approximate surface area is 136 Å². The maximum absolute atomic E-state index is 12.8. The zero-order valence-electron chi connectivity index (χ0n) is 13.1. The standard InChI is InChI=1S/C16H19NO5S/c1-4-6-11-22-16(5-2)12-21-15(18)17(16)23(19,20)14-9-7-13(3)8-10-14/h4-10H,2,11-12H2,1,3H3/b6-4+/t16-/m1/s1. The molecule has 1 atom stereocenters. The van der Waals surface area contributed by atoms with Crippen LogP contribution in [0.15, 0.2) is 54.0 Å². The lowest BCUT2D eigenvalue weighted by atomic mass is 10.2. The molecule has 1 aliphatic heterocycles. The number of amides is 1. The minimum atomic E-state index is -4.12. The van der Waals surface area contributed by atoms with Crippen molar-refractivity contribution in [2.45, 2.75) is 24.5 Å². The summed E-state index contributed by atoms with van der Waals surface area (Å²) in [4.78, 5) is 12.0. The number of hydrogen-bond donors (Lipinski definition) is 0. The molecule has 0 saturated carbocycles. The Morgan fingerprint density at radius 1 is 1.39 bits per heavy atom. The molecule has 0 unspecified atom stereocenters. The van der Waals surface area contributed by atoms with E-state index in [1.54, 1.807) is 31.2 Å². The number of sulfonamides is 1. The van der Waals surface area contributed by atoms with E-state index in [9.17, 15) is 13.2 Å². The van der Waals surface area contributed by atoms with Crippen LogP contribution in [-0.4, -0.2) is 37.8 Å². The van der Waals surface area contributed by atoms with E-state index in [4.69, 9.17) is 9.47 Å². The van der Waals surface area contributed by atoms with Crippen molar-refractivity contribution in [1.29, 1.82) is 0 Å². The maximum atomic E-state index is 12.8. The number of carbonyl (C=O) groups excluding carboxylic acids is 1. The average Bonchev–Trinajstić information content (AvgIpc) is 2.86. The number of carbonyl (C=O) groups is 1. The van der Waals surface area contributed by atoms with Crippen LogP contribution in [0.3, 0.4) is 0 Å². The van der Waals surface area contributed by atoms with Gasteiger partial charge < -0.3 is 9.47 Å². The van der Waals surface area contributed by atoms with Gasteiger partial charge in [0.15, 0.2) is 0 Å². The van der Waals surface area contributed by atoms with Gasteiger partial charge in [-0.05, 0) is 32.1 Å². The molecule has 1 aliphatic rings. The van der Waals surface area contributed by atoms with Crippen LogP contribution >= 0.6 is 0 Å². The van der Waals surface area contributed by atoms with Crippen LogP contribution in [0.4, 0.5) is 4.79 Å². The molecule has 0 aromatic heterocycles. The van der Waals surface area contributed by atoms with Gasteiger partial charge in [0.05, 0.1) is 11.5 Å². The molecule has 1 fully saturated rings. The summed E-state index contributed by atoms with van der Waals surface area (Å²) in [6.45, 7) is 7.15. The van der Waals surface area contributed by atoms with Crippen molar-refractivity contribution >= 4 is 16.1 Å². The van der Waals surface area contributed by atoms with E-state index < -0.39 is 21.8 Å². The lowest BCUT2D eigenvalue weighted by Crippen LogP contribution is -2.50. The first-order valence-electron chi connectivity index (χ1n) is 7.05. The van der Waals surface area contributed by atoms with Crippen molar-refractivity contribution in [2.24, 2.45) is 0 Å². The zero-order chi connectivity index (χ0) is 17.1. The summed E-state index contributed by atoms with van der Waals surface area (Å²) in [6, 6.07) is 6.20. The van der Waals surface area contributed by atoms with Crippen molar-refractivity contribution in [3.05, 3.63) is 54.6 Å². The van der Waals surface area contributed by atoms with Crippen LogP contribution in [0, 0.1) is 6.92 Å². The monoisotopic (exact) mass is 337 g/mol. The molecule has 1 aromatic carbocycles. The molecule has 23 heavy (non-hydrogen) atoms. The molecule has 6 nitrogen and oxygen atoms in total. The van der Waals surface area contributed by atoms with Crippen LogP contribution < -0.4 is 0 Å². The molecule has 7 heteroatoms. The van der Waals surface area contributed by atoms with Gasteiger partial charge in [0.1, 0.15) is 6.61 Å². The number of cyclic esters (lactones) is 1. The van der Waals surface area contributed by atoms with E-state index in [2.05, 4.69) is 6.58 Å².